The van der Waals surface area contributed by atoms with Crippen LogP contribution in [0.3, 0.4) is 0 Å². The minimum absolute atomic E-state index is 0.0272. The smallest absolute Gasteiger partial charge is 0.257 e. The van der Waals surface area contributed by atoms with Gasteiger partial charge in [-0.2, -0.15) is 0 Å². The summed E-state index contributed by atoms with van der Waals surface area (Å²) in [6, 6.07) is 7.66. The second-order valence-corrected chi connectivity index (χ2v) is 6.02. The van der Waals surface area contributed by atoms with E-state index in [0.717, 1.165) is 24.3 Å². The maximum atomic E-state index is 12.7. The third-order valence-electron chi connectivity index (χ3n) is 4.43. The van der Waals surface area contributed by atoms with Gasteiger partial charge in [0.25, 0.3) is 5.91 Å². The van der Waals surface area contributed by atoms with Crippen molar-refractivity contribution in [3.8, 4) is 11.4 Å². The molecule has 1 aliphatic heterocycles. The van der Waals surface area contributed by atoms with Crippen molar-refractivity contribution in [3.63, 3.8) is 0 Å². The van der Waals surface area contributed by atoms with Crippen molar-refractivity contribution in [1.29, 1.82) is 0 Å². The van der Waals surface area contributed by atoms with Crippen molar-refractivity contribution in [2.24, 2.45) is 0 Å². The predicted molar refractivity (Wildman–Crippen MR) is 97.6 cm³/mol. The first-order chi connectivity index (χ1) is 12.8. The van der Waals surface area contributed by atoms with E-state index in [1.165, 1.54) is 0 Å². The second-order valence-electron chi connectivity index (χ2n) is 6.02. The lowest BCUT2D eigenvalue weighted by Gasteiger charge is -2.36. The molecule has 0 bridgehead atoms. The van der Waals surface area contributed by atoms with Crippen LogP contribution >= 0.6 is 0 Å². The van der Waals surface area contributed by atoms with Crippen LogP contribution in [0.5, 0.6) is 0 Å². The Bertz CT molecular complexity index is 862. The van der Waals surface area contributed by atoms with E-state index in [-0.39, 0.29) is 5.91 Å². The summed E-state index contributed by atoms with van der Waals surface area (Å²) in [5.41, 5.74) is 2.53. The maximum Gasteiger partial charge on any atom is 0.257 e. The summed E-state index contributed by atoms with van der Waals surface area (Å²) < 4.78 is 0. The molecular formula is C19H18N6O. The van der Waals surface area contributed by atoms with Crippen molar-refractivity contribution < 1.29 is 4.79 Å². The van der Waals surface area contributed by atoms with Gasteiger partial charge in [0.1, 0.15) is 0 Å². The highest BCUT2D eigenvalue weighted by Crippen LogP contribution is 2.17. The predicted octanol–water partition coefficient (Wildman–Crippen LogP) is 1.90. The Morgan fingerprint density at radius 2 is 1.38 bits per heavy atom. The van der Waals surface area contributed by atoms with Gasteiger partial charge >= 0.3 is 0 Å². The lowest BCUT2D eigenvalue weighted by Crippen LogP contribution is -2.48. The van der Waals surface area contributed by atoms with Crippen LogP contribution in [0, 0.1) is 0 Å². The third kappa shape index (κ3) is 3.37. The van der Waals surface area contributed by atoms with E-state index in [2.05, 4.69) is 24.8 Å². The molecule has 1 aliphatic rings. The average molecular weight is 346 g/mol. The number of carbonyl (C=O) groups excluding carboxylic acids is 1. The molecule has 4 rings (SSSR count). The van der Waals surface area contributed by atoms with Crippen LogP contribution in [0.15, 0.2) is 61.4 Å². The number of rotatable bonds is 3. The van der Waals surface area contributed by atoms with Crippen molar-refractivity contribution >= 4 is 11.6 Å². The summed E-state index contributed by atoms with van der Waals surface area (Å²) in [5, 5.41) is 0. The number of anilines is 1. The van der Waals surface area contributed by atoms with Crippen LogP contribution in [0.4, 0.5) is 5.69 Å². The topological polar surface area (TPSA) is 75.1 Å². The Balaban J connectivity index is 1.41. The highest BCUT2D eigenvalue weighted by molar-refractivity contribution is 5.94. The van der Waals surface area contributed by atoms with E-state index in [9.17, 15) is 4.79 Å². The second kappa shape index (κ2) is 7.26. The fourth-order valence-corrected chi connectivity index (χ4v) is 2.99. The molecule has 0 saturated carbocycles. The average Bonchev–Trinajstić information content (AvgIpc) is 2.75. The van der Waals surface area contributed by atoms with Gasteiger partial charge in [0.2, 0.25) is 0 Å². The van der Waals surface area contributed by atoms with Crippen molar-refractivity contribution in [1.82, 2.24) is 24.8 Å². The lowest BCUT2D eigenvalue weighted by atomic mass is 10.2. The summed E-state index contributed by atoms with van der Waals surface area (Å²) in [6.07, 6.45) is 10.2. The third-order valence-corrected chi connectivity index (χ3v) is 4.43. The molecule has 0 radical (unpaired) electrons. The Morgan fingerprint density at radius 3 is 2.00 bits per heavy atom. The van der Waals surface area contributed by atoms with Crippen LogP contribution < -0.4 is 4.90 Å². The van der Waals surface area contributed by atoms with Gasteiger partial charge in [-0.25, -0.2) is 9.97 Å². The first-order valence-electron chi connectivity index (χ1n) is 8.48. The number of amides is 1. The molecule has 0 atom stereocenters. The molecule has 0 spiro atoms. The Kier molecular flexibility index (Phi) is 4.51. The first kappa shape index (κ1) is 16.1. The normalized spacial score (nSPS) is 14.3. The summed E-state index contributed by atoms with van der Waals surface area (Å²) in [7, 11) is 0. The largest absolute Gasteiger partial charge is 0.368 e. The number of hydrogen-bond acceptors (Lipinski definition) is 6. The summed E-state index contributed by atoms with van der Waals surface area (Å²) >= 11 is 0. The highest BCUT2D eigenvalue weighted by Gasteiger charge is 2.22. The van der Waals surface area contributed by atoms with Gasteiger partial charge in [0, 0.05) is 74.6 Å². The minimum Gasteiger partial charge on any atom is -0.368 e. The van der Waals surface area contributed by atoms with Crippen molar-refractivity contribution in [3.05, 3.63) is 67.0 Å². The molecule has 130 valence electrons. The number of hydrogen-bond donors (Lipinski definition) is 0. The van der Waals surface area contributed by atoms with E-state index in [4.69, 9.17) is 0 Å². The van der Waals surface area contributed by atoms with Gasteiger partial charge in [-0.3, -0.25) is 14.8 Å². The van der Waals surface area contributed by atoms with Gasteiger partial charge in [0.05, 0.1) is 5.56 Å². The molecule has 3 aromatic heterocycles. The SMILES string of the molecule is O=C(c1cnc(-c2ccncc2)nc1)N1CCN(c2ccncc2)CC1. The Morgan fingerprint density at radius 1 is 0.808 bits per heavy atom. The molecule has 0 aromatic carbocycles. The molecule has 1 saturated heterocycles. The van der Waals surface area contributed by atoms with Gasteiger partial charge in [-0.15, -0.1) is 0 Å². The van der Waals surface area contributed by atoms with Gasteiger partial charge in [-0.1, -0.05) is 0 Å². The molecule has 7 nitrogen and oxygen atoms in total. The minimum atomic E-state index is -0.0272. The zero-order chi connectivity index (χ0) is 17.8. The monoisotopic (exact) mass is 346 g/mol. The summed E-state index contributed by atoms with van der Waals surface area (Å²) in [6.45, 7) is 2.94. The molecule has 3 aromatic rings. The number of pyridine rings is 2. The number of nitrogens with zero attached hydrogens (tertiary/aromatic N) is 6. The molecular weight excluding hydrogens is 328 g/mol. The fraction of sp³-hybridized carbons (Fsp3) is 0.211. The number of piperazine rings is 1. The summed E-state index contributed by atoms with van der Waals surface area (Å²) in [4.78, 5) is 33.5. The standard InChI is InChI=1S/C19H18N6O/c26-19(16-13-22-18(23-14-16)15-1-5-20-6-2-15)25-11-9-24(10-12-25)17-3-7-21-8-4-17/h1-8,13-14H,9-12H2. The van der Waals surface area contributed by atoms with Crippen molar-refractivity contribution in [2.75, 3.05) is 31.1 Å². The zero-order valence-electron chi connectivity index (χ0n) is 14.2. The number of aromatic nitrogens is 4. The van der Waals surface area contributed by atoms with Crippen molar-refractivity contribution in [2.45, 2.75) is 0 Å². The van der Waals surface area contributed by atoms with E-state index in [1.807, 2.05) is 29.2 Å². The molecule has 0 N–H and O–H groups in total. The van der Waals surface area contributed by atoms with Crippen LogP contribution in [-0.4, -0.2) is 56.9 Å². The zero-order valence-corrected chi connectivity index (χ0v) is 14.2. The van der Waals surface area contributed by atoms with E-state index in [1.54, 1.807) is 37.2 Å². The first-order valence-corrected chi connectivity index (χ1v) is 8.48. The van der Waals surface area contributed by atoms with Gasteiger partial charge in [-0.05, 0) is 24.3 Å². The number of carbonyl (C=O) groups is 1. The van der Waals surface area contributed by atoms with Crippen LogP contribution in [0.2, 0.25) is 0 Å². The highest BCUT2D eigenvalue weighted by atomic mass is 16.2. The fourth-order valence-electron chi connectivity index (χ4n) is 2.99. The molecule has 7 heteroatoms. The maximum absolute atomic E-state index is 12.7. The van der Waals surface area contributed by atoms with Crippen LogP contribution in [-0.2, 0) is 0 Å². The molecule has 0 aliphatic carbocycles. The summed E-state index contributed by atoms with van der Waals surface area (Å²) in [5.74, 6) is 0.562. The Hall–Kier alpha value is -3.35. The molecule has 1 amide bonds. The Labute approximate surface area is 151 Å². The van der Waals surface area contributed by atoms with Gasteiger partial charge < -0.3 is 9.80 Å². The van der Waals surface area contributed by atoms with Crippen LogP contribution in [0.1, 0.15) is 10.4 Å². The van der Waals surface area contributed by atoms with E-state index in [0.29, 0.717) is 24.5 Å². The van der Waals surface area contributed by atoms with Gasteiger partial charge in [0.15, 0.2) is 5.82 Å². The molecule has 26 heavy (non-hydrogen) atoms. The molecule has 4 heterocycles. The van der Waals surface area contributed by atoms with Crippen LogP contribution in [0.25, 0.3) is 11.4 Å². The molecule has 0 unspecified atom stereocenters. The van der Waals surface area contributed by atoms with E-state index >= 15 is 0 Å². The molecule has 1 fully saturated rings. The van der Waals surface area contributed by atoms with E-state index < -0.39 is 0 Å². The lowest BCUT2D eigenvalue weighted by molar-refractivity contribution is 0.0746. The quantitative estimate of drug-likeness (QED) is 0.721.